The second kappa shape index (κ2) is 7.68. The van der Waals surface area contributed by atoms with Gasteiger partial charge in [0, 0.05) is 43.5 Å². The van der Waals surface area contributed by atoms with Gasteiger partial charge < -0.3 is 10.1 Å². The van der Waals surface area contributed by atoms with Crippen molar-refractivity contribution < 1.29 is 14.3 Å². The lowest BCUT2D eigenvalue weighted by atomic mass is 10.2. The van der Waals surface area contributed by atoms with Gasteiger partial charge in [-0.3, -0.25) is 14.8 Å². The van der Waals surface area contributed by atoms with Gasteiger partial charge in [0.25, 0.3) is 5.91 Å². The summed E-state index contributed by atoms with van der Waals surface area (Å²) in [6.07, 6.45) is 9.13. The van der Waals surface area contributed by atoms with E-state index in [2.05, 4.69) is 15.3 Å². The number of esters is 1. The summed E-state index contributed by atoms with van der Waals surface area (Å²) in [5, 5.41) is 2.51. The Kier molecular flexibility index (Phi) is 5.37. The third-order valence-corrected chi connectivity index (χ3v) is 2.76. The van der Waals surface area contributed by atoms with Crippen LogP contribution in [0.1, 0.15) is 21.5 Å². The van der Waals surface area contributed by atoms with Gasteiger partial charge in [0.05, 0.1) is 5.56 Å². The second-order valence-corrected chi connectivity index (χ2v) is 4.39. The van der Waals surface area contributed by atoms with E-state index >= 15 is 0 Å². The molecule has 0 spiro atoms. The molecular weight excluding hydrogens is 282 g/mol. The van der Waals surface area contributed by atoms with Crippen molar-refractivity contribution in [3.63, 3.8) is 0 Å². The summed E-state index contributed by atoms with van der Waals surface area (Å²) in [6.45, 7) is 0.160. The minimum absolute atomic E-state index is 0.160. The van der Waals surface area contributed by atoms with E-state index < -0.39 is 5.97 Å². The average Bonchev–Trinajstić information content (AvgIpc) is 2.58. The molecule has 2 aromatic rings. The van der Waals surface area contributed by atoms with Gasteiger partial charge in [-0.15, -0.1) is 0 Å². The van der Waals surface area contributed by atoms with Gasteiger partial charge in [-0.25, -0.2) is 4.79 Å². The monoisotopic (exact) mass is 297 g/mol. The van der Waals surface area contributed by atoms with Gasteiger partial charge in [-0.05, 0) is 23.8 Å². The Morgan fingerprint density at radius 3 is 2.86 bits per heavy atom. The largest absolute Gasteiger partial charge is 0.458 e. The number of nitrogens with one attached hydrogen (secondary N) is 1. The Hall–Kier alpha value is -3.02. The Balaban J connectivity index is 1.93. The van der Waals surface area contributed by atoms with Crippen LogP contribution in [0.15, 0.2) is 49.1 Å². The molecule has 0 aliphatic heterocycles. The number of hydrogen-bond donors (Lipinski definition) is 1. The maximum absolute atomic E-state index is 11.6. The molecule has 0 aliphatic carbocycles. The lowest BCUT2D eigenvalue weighted by Crippen LogP contribution is -2.17. The molecule has 0 bridgehead atoms. The van der Waals surface area contributed by atoms with Crippen LogP contribution in [-0.4, -0.2) is 28.9 Å². The number of pyridine rings is 2. The molecule has 0 radical (unpaired) electrons. The molecule has 0 fully saturated rings. The summed E-state index contributed by atoms with van der Waals surface area (Å²) < 4.78 is 5.08. The highest BCUT2D eigenvalue weighted by Gasteiger charge is 2.04. The molecule has 0 saturated heterocycles. The number of carbonyl (C=O) groups is 2. The van der Waals surface area contributed by atoms with Crippen LogP contribution < -0.4 is 5.32 Å². The van der Waals surface area contributed by atoms with Crippen LogP contribution in [0, 0.1) is 0 Å². The van der Waals surface area contributed by atoms with Crippen molar-refractivity contribution in [3.8, 4) is 0 Å². The number of rotatable bonds is 5. The van der Waals surface area contributed by atoms with Crippen LogP contribution in [0.5, 0.6) is 0 Å². The first kappa shape index (κ1) is 15.4. The van der Waals surface area contributed by atoms with Crippen molar-refractivity contribution in [1.29, 1.82) is 0 Å². The van der Waals surface area contributed by atoms with Crippen molar-refractivity contribution in [3.05, 3.63) is 65.8 Å². The van der Waals surface area contributed by atoms with Gasteiger partial charge in [0.1, 0.15) is 6.61 Å². The topological polar surface area (TPSA) is 81.2 Å². The van der Waals surface area contributed by atoms with E-state index in [-0.39, 0.29) is 12.5 Å². The molecule has 1 amide bonds. The lowest BCUT2D eigenvalue weighted by molar-refractivity contribution is -0.138. The van der Waals surface area contributed by atoms with E-state index in [9.17, 15) is 9.59 Å². The summed E-state index contributed by atoms with van der Waals surface area (Å²) in [4.78, 5) is 31.0. The molecule has 0 unspecified atom stereocenters. The Morgan fingerprint density at radius 1 is 1.27 bits per heavy atom. The molecule has 112 valence electrons. The molecule has 2 heterocycles. The van der Waals surface area contributed by atoms with Crippen LogP contribution in [0.25, 0.3) is 6.08 Å². The average molecular weight is 297 g/mol. The molecule has 0 aliphatic rings. The zero-order chi connectivity index (χ0) is 15.8. The van der Waals surface area contributed by atoms with Gasteiger partial charge >= 0.3 is 5.97 Å². The van der Waals surface area contributed by atoms with Crippen LogP contribution in [0.4, 0.5) is 0 Å². The minimum atomic E-state index is -0.478. The van der Waals surface area contributed by atoms with Crippen molar-refractivity contribution in [2.24, 2.45) is 0 Å². The van der Waals surface area contributed by atoms with Gasteiger partial charge in [-0.2, -0.15) is 0 Å². The Bertz CT molecular complexity index is 684. The predicted octanol–water partition coefficient (Wildman–Crippen LogP) is 1.59. The minimum Gasteiger partial charge on any atom is -0.458 e. The van der Waals surface area contributed by atoms with Gasteiger partial charge in [0.2, 0.25) is 0 Å². The highest BCUT2D eigenvalue weighted by atomic mass is 16.5. The number of hydrogen-bond acceptors (Lipinski definition) is 5. The fraction of sp³-hybridized carbons (Fsp3) is 0.125. The summed E-state index contributed by atoms with van der Waals surface area (Å²) in [5.74, 6) is -0.712. The summed E-state index contributed by atoms with van der Waals surface area (Å²) in [6, 6.07) is 5.23. The van der Waals surface area contributed by atoms with Crippen LogP contribution in [-0.2, 0) is 16.1 Å². The molecular formula is C16H15N3O3. The van der Waals surface area contributed by atoms with E-state index in [0.29, 0.717) is 11.1 Å². The summed E-state index contributed by atoms with van der Waals surface area (Å²) >= 11 is 0. The molecule has 1 N–H and O–H groups in total. The molecule has 0 atom stereocenters. The van der Waals surface area contributed by atoms with E-state index in [1.165, 1.54) is 12.3 Å². The zero-order valence-electron chi connectivity index (χ0n) is 12.0. The SMILES string of the molecule is CNC(=O)c1cncc(/C=C/C(=O)OCc2cccnc2)c1. The molecule has 6 heteroatoms. The number of amides is 1. The lowest BCUT2D eigenvalue weighted by Gasteiger charge is -2.02. The van der Waals surface area contributed by atoms with Gasteiger partial charge in [-0.1, -0.05) is 6.07 Å². The number of nitrogens with zero attached hydrogens (tertiary/aromatic N) is 2. The second-order valence-electron chi connectivity index (χ2n) is 4.39. The molecule has 0 saturated carbocycles. The van der Waals surface area contributed by atoms with Crippen LogP contribution in [0.2, 0.25) is 0 Å². The van der Waals surface area contributed by atoms with Crippen LogP contribution >= 0.6 is 0 Å². The van der Waals surface area contributed by atoms with E-state index in [1.54, 1.807) is 43.8 Å². The maximum Gasteiger partial charge on any atom is 0.331 e. The third-order valence-electron chi connectivity index (χ3n) is 2.76. The fourth-order valence-corrected chi connectivity index (χ4v) is 1.67. The van der Waals surface area contributed by atoms with E-state index in [4.69, 9.17) is 4.74 Å². The molecule has 22 heavy (non-hydrogen) atoms. The van der Waals surface area contributed by atoms with Gasteiger partial charge in [0.15, 0.2) is 0 Å². The van der Waals surface area contributed by atoms with Crippen molar-refractivity contribution in [1.82, 2.24) is 15.3 Å². The molecule has 2 aromatic heterocycles. The first-order chi connectivity index (χ1) is 10.7. The zero-order valence-corrected chi connectivity index (χ0v) is 12.0. The highest BCUT2D eigenvalue weighted by molar-refractivity contribution is 5.94. The number of carbonyl (C=O) groups excluding carboxylic acids is 2. The van der Waals surface area contributed by atoms with Crippen molar-refractivity contribution in [2.45, 2.75) is 6.61 Å². The smallest absolute Gasteiger partial charge is 0.331 e. The third kappa shape index (κ3) is 4.52. The predicted molar refractivity (Wildman–Crippen MR) is 80.7 cm³/mol. The number of ether oxygens (including phenoxy) is 1. The first-order valence-corrected chi connectivity index (χ1v) is 6.60. The molecule has 2 rings (SSSR count). The fourth-order valence-electron chi connectivity index (χ4n) is 1.67. The maximum atomic E-state index is 11.6. The van der Waals surface area contributed by atoms with Crippen molar-refractivity contribution in [2.75, 3.05) is 7.05 Å². The van der Waals surface area contributed by atoms with Crippen molar-refractivity contribution >= 4 is 18.0 Å². The quantitative estimate of drug-likeness (QED) is 0.669. The standard InChI is InChI=1S/C16H15N3O3/c1-17-16(21)14-7-12(8-19-10-14)4-5-15(20)22-11-13-3-2-6-18-9-13/h2-10H,11H2,1H3,(H,17,21)/b5-4+. The van der Waals surface area contributed by atoms with E-state index in [0.717, 1.165) is 5.56 Å². The molecule has 0 aromatic carbocycles. The first-order valence-electron chi connectivity index (χ1n) is 6.60. The molecule has 6 nitrogen and oxygen atoms in total. The normalized spacial score (nSPS) is 10.4. The summed E-state index contributed by atoms with van der Waals surface area (Å²) in [5.41, 5.74) is 1.88. The van der Waals surface area contributed by atoms with Crippen LogP contribution in [0.3, 0.4) is 0 Å². The summed E-state index contributed by atoms with van der Waals surface area (Å²) in [7, 11) is 1.54. The van der Waals surface area contributed by atoms with E-state index in [1.807, 2.05) is 6.07 Å². The number of aromatic nitrogens is 2. The Labute approximate surface area is 127 Å². The Morgan fingerprint density at radius 2 is 2.14 bits per heavy atom. The highest BCUT2D eigenvalue weighted by Crippen LogP contribution is 2.06.